The molecule has 33 heavy (non-hydrogen) atoms. The Morgan fingerprint density at radius 1 is 1.03 bits per heavy atom. The van der Waals surface area contributed by atoms with Crippen LogP contribution in [0.3, 0.4) is 0 Å². The third kappa shape index (κ3) is 5.64. The van der Waals surface area contributed by atoms with Crippen LogP contribution in [0.4, 0.5) is 0 Å². The molecule has 0 unspecified atom stereocenters. The van der Waals surface area contributed by atoms with Crippen LogP contribution in [-0.2, 0) is 19.1 Å². The van der Waals surface area contributed by atoms with Crippen LogP contribution in [0, 0.1) is 6.92 Å². The second-order valence-corrected chi connectivity index (χ2v) is 6.46. The van der Waals surface area contributed by atoms with Gasteiger partial charge >= 0.3 is 23.9 Å². The number of hydrogen-bond donors (Lipinski definition) is 3. The van der Waals surface area contributed by atoms with E-state index in [1.807, 2.05) is 0 Å². The molecule has 1 aromatic carbocycles. The van der Waals surface area contributed by atoms with E-state index in [0.717, 1.165) is 29.0 Å². The first-order valence-electron chi connectivity index (χ1n) is 9.74. The van der Waals surface area contributed by atoms with Crippen LogP contribution in [-0.4, -0.2) is 62.2 Å². The molecule has 0 atom stereocenters. The normalized spacial score (nSPS) is 10.6. The Morgan fingerprint density at radius 3 is 2.15 bits per heavy atom. The number of aromatic carboxylic acids is 2. The number of aromatic nitrogens is 2. The Kier molecular flexibility index (Phi) is 8.10. The highest BCUT2D eigenvalue weighted by Gasteiger charge is 2.22. The van der Waals surface area contributed by atoms with Crippen molar-refractivity contribution in [3.63, 3.8) is 0 Å². The van der Waals surface area contributed by atoms with Gasteiger partial charge in [0.2, 0.25) is 5.88 Å². The molecule has 0 saturated carbocycles. The van der Waals surface area contributed by atoms with Gasteiger partial charge in [0.05, 0.1) is 41.3 Å². The van der Waals surface area contributed by atoms with Gasteiger partial charge in [-0.2, -0.15) is 9.78 Å². The predicted octanol–water partition coefficient (Wildman–Crippen LogP) is 2.35. The zero-order valence-electron chi connectivity index (χ0n) is 18.1. The van der Waals surface area contributed by atoms with Gasteiger partial charge in [-0.1, -0.05) is 6.08 Å². The van der Waals surface area contributed by atoms with Crippen molar-refractivity contribution in [3.05, 3.63) is 58.3 Å². The second kappa shape index (κ2) is 10.8. The van der Waals surface area contributed by atoms with Crippen molar-refractivity contribution in [2.45, 2.75) is 20.8 Å². The molecule has 1 aromatic heterocycles. The van der Waals surface area contributed by atoms with Gasteiger partial charge in [-0.15, -0.1) is 0 Å². The smallest absolute Gasteiger partial charge is 0.345 e. The fourth-order valence-corrected chi connectivity index (χ4v) is 2.79. The summed E-state index contributed by atoms with van der Waals surface area (Å²) in [5.41, 5.74) is -0.576. The molecule has 0 spiro atoms. The highest BCUT2D eigenvalue weighted by molar-refractivity contribution is 6.14. The molecule has 3 N–H and O–H groups in total. The number of rotatable bonds is 9. The number of benzene rings is 1. The van der Waals surface area contributed by atoms with Gasteiger partial charge in [0.25, 0.3) is 0 Å². The van der Waals surface area contributed by atoms with E-state index in [9.17, 15) is 34.5 Å². The van der Waals surface area contributed by atoms with Crippen LogP contribution in [0.15, 0.2) is 35.9 Å². The van der Waals surface area contributed by atoms with E-state index in [4.69, 9.17) is 9.47 Å². The molecule has 1 heterocycles. The summed E-state index contributed by atoms with van der Waals surface area (Å²) in [6.45, 7) is 4.79. The molecule has 0 aliphatic rings. The van der Waals surface area contributed by atoms with Crippen LogP contribution >= 0.6 is 0 Å². The minimum Gasteiger partial charge on any atom is -0.493 e. The van der Waals surface area contributed by atoms with E-state index in [1.54, 1.807) is 13.8 Å². The maximum Gasteiger partial charge on any atom is 0.345 e. The number of nitrogens with zero attached hydrogens (tertiary/aromatic N) is 2. The average molecular weight is 458 g/mol. The van der Waals surface area contributed by atoms with Crippen molar-refractivity contribution in [1.82, 2.24) is 9.78 Å². The molecule has 0 amide bonds. The summed E-state index contributed by atoms with van der Waals surface area (Å²) in [6, 6.07) is 3.30. The Hall–Kier alpha value is -4.41. The maximum absolute atomic E-state index is 12.0. The molecular formula is C22H22N2O9. The summed E-state index contributed by atoms with van der Waals surface area (Å²) in [4.78, 5) is 46.9. The number of esters is 2. The molecule has 0 saturated heterocycles. The molecule has 0 bridgehead atoms. The number of carbonyl (C=O) groups is 4. The molecule has 0 aliphatic carbocycles. The molecule has 2 rings (SSSR count). The predicted molar refractivity (Wildman–Crippen MR) is 114 cm³/mol. The minimum absolute atomic E-state index is 0.0489. The molecule has 2 aromatic rings. The summed E-state index contributed by atoms with van der Waals surface area (Å²) < 4.78 is 10.6. The number of aromatic hydroxyl groups is 1. The molecule has 0 fully saturated rings. The van der Waals surface area contributed by atoms with Crippen molar-refractivity contribution in [2.24, 2.45) is 0 Å². The summed E-state index contributed by atoms with van der Waals surface area (Å²) in [7, 11) is 0. The quantitative estimate of drug-likeness (QED) is 0.167. The van der Waals surface area contributed by atoms with E-state index in [0.29, 0.717) is 0 Å². The molecule has 0 aliphatic heterocycles. The largest absolute Gasteiger partial charge is 0.493 e. The first-order chi connectivity index (χ1) is 15.6. The fraction of sp³-hybridized carbons (Fsp3) is 0.227. The van der Waals surface area contributed by atoms with E-state index in [-0.39, 0.29) is 46.9 Å². The fourth-order valence-electron chi connectivity index (χ4n) is 2.79. The molecule has 11 nitrogen and oxygen atoms in total. The SMILES string of the molecule is CCOC(=O)C(=C/C=C/c1c(C)nn(-c2cc(C(=O)O)ccc2C(=O)O)c1O)C(=O)OCC. The van der Waals surface area contributed by atoms with Gasteiger partial charge in [0, 0.05) is 0 Å². The minimum atomic E-state index is -1.34. The standard InChI is InChI=1S/C22H22N2O9/c1-4-32-21(30)16(22(31)33-5-2)8-6-7-14-12(3)23-24(18(14)25)17-11-13(19(26)27)9-10-15(17)20(28)29/h6-11,25H,4-5H2,1-3H3,(H,26,27)(H,28,29)/b7-6+. The van der Waals surface area contributed by atoms with E-state index in [2.05, 4.69) is 5.10 Å². The number of carboxylic acids is 2. The van der Waals surface area contributed by atoms with Crippen molar-refractivity contribution in [3.8, 4) is 11.6 Å². The van der Waals surface area contributed by atoms with Crippen molar-refractivity contribution in [2.75, 3.05) is 13.2 Å². The highest BCUT2D eigenvalue weighted by Crippen LogP contribution is 2.28. The molecular weight excluding hydrogens is 436 g/mol. The summed E-state index contributed by atoms with van der Waals surface area (Å²) in [6.07, 6.45) is 3.79. The number of hydrogen-bond acceptors (Lipinski definition) is 8. The summed E-state index contributed by atoms with van der Waals surface area (Å²) >= 11 is 0. The topological polar surface area (TPSA) is 165 Å². The van der Waals surface area contributed by atoms with Gasteiger partial charge in [0.15, 0.2) is 0 Å². The van der Waals surface area contributed by atoms with Crippen LogP contribution < -0.4 is 0 Å². The van der Waals surface area contributed by atoms with Gasteiger partial charge in [-0.3, -0.25) is 0 Å². The van der Waals surface area contributed by atoms with E-state index in [1.165, 1.54) is 19.1 Å². The van der Waals surface area contributed by atoms with E-state index < -0.39 is 29.8 Å². The molecule has 11 heteroatoms. The summed E-state index contributed by atoms with van der Waals surface area (Å²) in [5.74, 6) is -4.87. The van der Waals surface area contributed by atoms with Gasteiger partial charge in [-0.25, -0.2) is 19.2 Å². The van der Waals surface area contributed by atoms with Crippen LogP contribution in [0.5, 0.6) is 5.88 Å². The average Bonchev–Trinajstić information content (AvgIpc) is 3.04. The third-order valence-electron chi connectivity index (χ3n) is 4.30. The van der Waals surface area contributed by atoms with Crippen LogP contribution in [0.1, 0.15) is 45.8 Å². The van der Waals surface area contributed by atoms with Crippen LogP contribution in [0.25, 0.3) is 11.8 Å². The lowest BCUT2D eigenvalue weighted by Crippen LogP contribution is -2.18. The Bertz CT molecular complexity index is 1140. The molecule has 174 valence electrons. The third-order valence-corrected chi connectivity index (χ3v) is 4.30. The number of aryl methyl sites for hydroxylation is 1. The lowest BCUT2D eigenvalue weighted by molar-refractivity contribution is -0.146. The first kappa shape index (κ1) is 24.9. The van der Waals surface area contributed by atoms with Crippen molar-refractivity contribution in [1.29, 1.82) is 0 Å². The second-order valence-electron chi connectivity index (χ2n) is 6.46. The zero-order chi connectivity index (χ0) is 24.7. The van der Waals surface area contributed by atoms with Crippen molar-refractivity contribution >= 4 is 30.0 Å². The lowest BCUT2D eigenvalue weighted by Gasteiger charge is -2.08. The molecule has 0 radical (unpaired) electrons. The Morgan fingerprint density at radius 2 is 1.64 bits per heavy atom. The Labute approximate surface area is 188 Å². The van der Waals surface area contributed by atoms with Crippen molar-refractivity contribution < 1.29 is 44.0 Å². The van der Waals surface area contributed by atoms with Crippen LogP contribution in [0.2, 0.25) is 0 Å². The number of allylic oxidation sites excluding steroid dienone is 2. The van der Waals surface area contributed by atoms with Gasteiger partial charge in [0.1, 0.15) is 5.57 Å². The summed E-state index contributed by atoms with van der Waals surface area (Å²) in [5, 5.41) is 33.4. The maximum atomic E-state index is 12.0. The number of carboxylic acid groups (broad SMARTS) is 2. The zero-order valence-corrected chi connectivity index (χ0v) is 18.1. The van der Waals surface area contributed by atoms with Gasteiger partial charge < -0.3 is 24.8 Å². The highest BCUT2D eigenvalue weighted by atomic mass is 16.6. The number of ether oxygens (including phenoxy) is 2. The van der Waals surface area contributed by atoms with Gasteiger partial charge in [-0.05, 0) is 51.1 Å². The number of carbonyl (C=O) groups excluding carboxylic acids is 2. The Balaban J connectivity index is 2.53. The first-order valence-corrected chi connectivity index (χ1v) is 9.74. The monoisotopic (exact) mass is 458 g/mol. The van der Waals surface area contributed by atoms with E-state index >= 15 is 0 Å². The lowest BCUT2D eigenvalue weighted by atomic mass is 10.1.